The van der Waals surface area contributed by atoms with Crippen molar-refractivity contribution in [2.75, 3.05) is 63.9 Å². The lowest BCUT2D eigenvalue weighted by atomic mass is 10.0. The number of benzene rings is 1. The summed E-state index contributed by atoms with van der Waals surface area (Å²) in [4.78, 5) is 29.4. The molecule has 0 N–H and O–H groups in total. The third kappa shape index (κ3) is 4.68. The molecule has 4 rings (SSSR count). The van der Waals surface area contributed by atoms with Gasteiger partial charge in [-0.1, -0.05) is 0 Å². The number of methoxy groups -OCH3 is 2. The molecule has 9 nitrogen and oxygen atoms in total. The van der Waals surface area contributed by atoms with Gasteiger partial charge in [0.15, 0.2) is 11.5 Å². The number of anilines is 2. The maximum atomic E-state index is 13.4. The Morgan fingerprint density at radius 3 is 2.48 bits per heavy atom. The minimum absolute atomic E-state index is 0.0444. The number of hydrogen-bond acceptors (Lipinski definition) is 8. The molecule has 1 amide bonds. The summed E-state index contributed by atoms with van der Waals surface area (Å²) in [5.74, 6) is 2.74. The Morgan fingerprint density at radius 2 is 1.82 bits per heavy atom. The van der Waals surface area contributed by atoms with Crippen molar-refractivity contribution < 1.29 is 19.0 Å². The van der Waals surface area contributed by atoms with E-state index in [1.807, 2.05) is 11.9 Å². The van der Waals surface area contributed by atoms with Crippen LogP contribution >= 0.6 is 0 Å². The molecule has 2 aliphatic rings. The molecule has 1 aromatic heterocycles. The zero-order chi connectivity index (χ0) is 23.5. The van der Waals surface area contributed by atoms with Gasteiger partial charge in [0, 0.05) is 50.3 Å². The van der Waals surface area contributed by atoms with E-state index in [1.54, 1.807) is 32.4 Å². The zero-order valence-electron chi connectivity index (χ0n) is 20.1. The molecule has 2 aromatic rings. The second-order valence-corrected chi connectivity index (χ2v) is 8.62. The molecule has 1 aromatic carbocycles. The summed E-state index contributed by atoms with van der Waals surface area (Å²) in [5, 5.41) is 0. The first-order valence-corrected chi connectivity index (χ1v) is 11.4. The Labute approximate surface area is 195 Å². The van der Waals surface area contributed by atoms with Crippen molar-refractivity contribution in [3.05, 3.63) is 35.0 Å². The van der Waals surface area contributed by atoms with Crippen LogP contribution in [0, 0.1) is 0 Å². The topological polar surface area (TPSA) is 80.3 Å². The van der Waals surface area contributed by atoms with Crippen LogP contribution < -0.4 is 19.3 Å². The van der Waals surface area contributed by atoms with Gasteiger partial charge in [-0.2, -0.15) is 4.98 Å². The van der Waals surface area contributed by atoms with E-state index in [-0.39, 0.29) is 11.9 Å². The van der Waals surface area contributed by atoms with Crippen LogP contribution in [-0.2, 0) is 17.7 Å². The highest BCUT2D eigenvalue weighted by molar-refractivity contribution is 5.95. The van der Waals surface area contributed by atoms with Crippen LogP contribution in [0.25, 0.3) is 0 Å². The summed E-state index contributed by atoms with van der Waals surface area (Å²) in [6, 6.07) is 5.53. The molecule has 1 fully saturated rings. The molecule has 178 valence electrons. The smallest absolute Gasteiger partial charge is 0.254 e. The SMILES string of the molecule is COc1ccc(C(=O)N2CCc3nc(N4CCOCC4)nc(N(C)C(C)C)c3C2)cc1OC. The number of aromatic nitrogens is 2. The molecular formula is C24H33N5O4. The lowest BCUT2D eigenvalue weighted by molar-refractivity contribution is 0.0733. The van der Waals surface area contributed by atoms with Crippen molar-refractivity contribution in [1.29, 1.82) is 0 Å². The maximum absolute atomic E-state index is 13.4. The number of carbonyl (C=O) groups excluding carboxylic acids is 1. The fourth-order valence-corrected chi connectivity index (χ4v) is 4.15. The van der Waals surface area contributed by atoms with E-state index in [0.29, 0.717) is 49.8 Å². The second-order valence-electron chi connectivity index (χ2n) is 8.62. The van der Waals surface area contributed by atoms with Crippen molar-refractivity contribution in [2.45, 2.75) is 32.9 Å². The summed E-state index contributed by atoms with van der Waals surface area (Å²) in [6.07, 6.45) is 0.688. The molecule has 9 heteroatoms. The van der Waals surface area contributed by atoms with Crippen LogP contribution in [0.5, 0.6) is 11.5 Å². The van der Waals surface area contributed by atoms with E-state index in [2.05, 4.69) is 23.6 Å². The molecule has 0 radical (unpaired) electrons. The van der Waals surface area contributed by atoms with Gasteiger partial charge in [-0.15, -0.1) is 0 Å². The monoisotopic (exact) mass is 455 g/mol. The summed E-state index contributed by atoms with van der Waals surface area (Å²) < 4.78 is 16.2. The molecule has 1 saturated heterocycles. The second kappa shape index (κ2) is 9.82. The molecule has 0 unspecified atom stereocenters. The first-order valence-electron chi connectivity index (χ1n) is 11.4. The highest BCUT2D eigenvalue weighted by Gasteiger charge is 2.29. The Bertz CT molecular complexity index is 1010. The fourth-order valence-electron chi connectivity index (χ4n) is 4.15. The minimum atomic E-state index is -0.0444. The van der Waals surface area contributed by atoms with Crippen LogP contribution in [-0.4, -0.2) is 80.9 Å². The Kier molecular flexibility index (Phi) is 6.88. The van der Waals surface area contributed by atoms with Crippen LogP contribution in [0.15, 0.2) is 18.2 Å². The van der Waals surface area contributed by atoms with Crippen LogP contribution in [0.4, 0.5) is 11.8 Å². The Hall–Kier alpha value is -3.07. The molecule has 0 saturated carbocycles. The van der Waals surface area contributed by atoms with Crippen molar-refractivity contribution >= 4 is 17.7 Å². The van der Waals surface area contributed by atoms with Gasteiger partial charge >= 0.3 is 0 Å². The summed E-state index contributed by atoms with van der Waals surface area (Å²) in [7, 11) is 5.20. The third-order valence-electron chi connectivity index (χ3n) is 6.35. The van der Waals surface area contributed by atoms with Gasteiger partial charge in [0.25, 0.3) is 5.91 Å². The number of carbonyl (C=O) groups is 1. The number of hydrogen-bond donors (Lipinski definition) is 0. The lowest BCUT2D eigenvalue weighted by Crippen LogP contribution is -2.41. The van der Waals surface area contributed by atoms with Crippen molar-refractivity contribution in [2.24, 2.45) is 0 Å². The highest BCUT2D eigenvalue weighted by atomic mass is 16.5. The van der Waals surface area contributed by atoms with Gasteiger partial charge in [0.2, 0.25) is 5.95 Å². The van der Waals surface area contributed by atoms with Gasteiger partial charge in [0.1, 0.15) is 5.82 Å². The molecule has 33 heavy (non-hydrogen) atoms. The molecular weight excluding hydrogens is 422 g/mol. The summed E-state index contributed by atoms with van der Waals surface area (Å²) in [6.45, 7) is 8.29. The first kappa shape index (κ1) is 23.1. The lowest BCUT2D eigenvalue weighted by Gasteiger charge is -2.35. The predicted octanol–water partition coefficient (Wildman–Crippen LogP) is 2.37. The number of ether oxygens (including phenoxy) is 3. The first-order chi connectivity index (χ1) is 15.9. The van der Waals surface area contributed by atoms with E-state index in [0.717, 1.165) is 36.1 Å². The van der Waals surface area contributed by atoms with E-state index >= 15 is 0 Å². The van der Waals surface area contributed by atoms with E-state index < -0.39 is 0 Å². The van der Waals surface area contributed by atoms with Gasteiger partial charge in [-0.3, -0.25) is 4.79 Å². The molecule has 0 bridgehead atoms. The van der Waals surface area contributed by atoms with Gasteiger partial charge in [0.05, 0.1) is 39.7 Å². The van der Waals surface area contributed by atoms with E-state index in [1.165, 1.54) is 0 Å². The zero-order valence-corrected chi connectivity index (χ0v) is 20.1. The van der Waals surface area contributed by atoms with Crippen LogP contribution in [0.1, 0.15) is 35.5 Å². The average molecular weight is 456 g/mol. The number of fused-ring (bicyclic) bond motifs is 1. The standard InChI is InChI=1S/C24H33N5O4/c1-16(2)27(3)22-18-15-29(23(30)17-6-7-20(31-4)21(14-17)32-5)9-8-19(18)25-24(26-22)28-10-12-33-13-11-28/h6-7,14,16H,8-13,15H2,1-5H3. The number of amides is 1. The minimum Gasteiger partial charge on any atom is -0.493 e. The van der Waals surface area contributed by atoms with Crippen LogP contribution in [0.3, 0.4) is 0 Å². The number of morpholine rings is 1. The van der Waals surface area contributed by atoms with Crippen molar-refractivity contribution in [3.63, 3.8) is 0 Å². The molecule has 0 spiro atoms. The van der Waals surface area contributed by atoms with E-state index in [4.69, 9.17) is 24.2 Å². The maximum Gasteiger partial charge on any atom is 0.254 e. The normalized spacial score (nSPS) is 15.9. The molecule has 0 aliphatic carbocycles. The predicted molar refractivity (Wildman–Crippen MR) is 127 cm³/mol. The highest BCUT2D eigenvalue weighted by Crippen LogP contribution is 2.32. The Morgan fingerprint density at radius 1 is 1.09 bits per heavy atom. The fraction of sp³-hybridized carbons (Fsp3) is 0.542. The largest absolute Gasteiger partial charge is 0.493 e. The number of rotatable bonds is 6. The average Bonchev–Trinajstić information content (AvgIpc) is 2.86. The molecule has 3 heterocycles. The van der Waals surface area contributed by atoms with Gasteiger partial charge < -0.3 is 28.9 Å². The van der Waals surface area contributed by atoms with Crippen LogP contribution in [0.2, 0.25) is 0 Å². The Balaban J connectivity index is 1.65. The summed E-state index contributed by atoms with van der Waals surface area (Å²) in [5.41, 5.74) is 2.61. The number of nitrogens with zero attached hydrogens (tertiary/aromatic N) is 5. The van der Waals surface area contributed by atoms with Crippen molar-refractivity contribution in [1.82, 2.24) is 14.9 Å². The molecule has 0 atom stereocenters. The molecule has 2 aliphatic heterocycles. The quantitative estimate of drug-likeness (QED) is 0.657. The van der Waals surface area contributed by atoms with Crippen molar-refractivity contribution in [3.8, 4) is 11.5 Å². The third-order valence-corrected chi connectivity index (χ3v) is 6.35. The van der Waals surface area contributed by atoms with Gasteiger partial charge in [-0.05, 0) is 32.0 Å². The van der Waals surface area contributed by atoms with Gasteiger partial charge in [-0.25, -0.2) is 4.98 Å². The van der Waals surface area contributed by atoms with E-state index in [9.17, 15) is 4.79 Å². The summed E-state index contributed by atoms with van der Waals surface area (Å²) >= 11 is 0.